The minimum Gasteiger partial charge on any atom is -0.379 e. The molecule has 27 heavy (non-hydrogen) atoms. The zero-order valence-electron chi connectivity index (χ0n) is 15.5. The molecular formula is C19H22N4O3S. The SMILES string of the molecule is CC(C)N(C)S(=O)(=O)c1ccc(NCc2cc(=O)n3ccccc3n2)cc1. The van der Waals surface area contributed by atoms with E-state index in [4.69, 9.17) is 0 Å². The number of pyridine rings is 1. The number of hydrogen-bond acceptors (Lipinski definition) is 5. The highest BCUT2D eigenvalue weighted by Crippen LogP contribution is 2.19. The molecule has 0 bridgehead atoms. The summed E-state index contributed by atoms with van der Waals surface area (Å²) in [7, 11) is -1.94. The zero-order chi connectivity index (χ0) is 19.6. The van der Waals surface area contributed by atoms with Gasteiger partial charge in [0.2, 0.25) is 10.0 Å². The lowest BCUT2D eigenvalue weighted by atomic mass is 10.3. The number of aromatic nitrogens is 2. The van der Waals surface area contributed by atoms with Crippen LogP contribution in [0.2, 0.25) is 0 Å². The number of anilines is 1. The highest BCUT2D eigenvalue weighted by atomic mass is 32.2. The van der Waals surface area contributed by atoms with E-state index in [2.05, 4.69) is 10.3 Å². The molecule has 2 heterocycles. The van der Waals surface area contributed by atoms with Crippen molar-refractivity contribution in [3.8, 4) is 0 Å². The molecule has 1 aromatic carbocycles. The van der Waals surface area contributed by atoms with Crippen molar-refractivity contribution in [2.75, 3.05) is 12.4 Å². The molecule has 0 saturated carbocycles. The predicted octanol–water partition coefficient (Wildman–Crippen LogP) is 2.34. The molecule has 0 aliphatic heterocycles. The van der Waals surface area contributed by atoms with Gasteiger partial charge in [0, 0.05) is 31.0 Å². The first-order chi connectivity index (χ1) is 12.8. The van der Waals surface area contributed by atoms with Crippen LogP contribution >= 0.6 is 0 Å². The van der Waals surface area contributed by atoms with Crippen LogP contribution < -0.4 is 10.9 Å². The zero-order valence-corrected chi connectivity index (χ0v) is 16.3. The van der Waals surface area contributed by atoms with E-state index < -0.39 is 10.0 Å². The fourth-order valence-electron chi connectivity index (χ4n) is 2.57. The second-order valence-corrected chi connectivity index (χ2v) is 8.50. The van der Waals surface area contributed by atoms with E-state index in [1.807, 2.05) is 19.9 Å². The third kappa shape index (κ3) is 4.01. The average Bonchev–Trinajstić information content (AvgIpc) is 2.66. The molecule has 3 aromatic rings. The standard InChI is InChI=1S/C19H22N4O3S/c1-14(2)22(3)27(25,26)17-9-7-15(8-10-17)20-13-16-12-19(24)23-11-5-4-6-18(23)21-16/h4-12,14,20H,13H2,1-3H3. The number of nitrogens with one attached hydrogen (secondary N) is 1. The maximum Gasteiger partial charge on any atom is 0.258 e. The van der Waals surface area contributed by atoms with Gasteiger partial charge in [-0.2, -0.15) is 4.31 Å². The molecule has 8 heteroatoms. The summed E-state index contributed by atoms with van der Waals surface area (Å²) in [5.74, 6) is 0. The van der Waals surface area contributed by atoms with Gasteiger partial charge >= 0.3 is 0 Å². The average molecular weight is 386 g/mol. The summed E-state index contributed by atoms with van der Waals surface area (Å²) in [6.45, 7) is 4.01. The van der Waals surface area contributed by atoms with Crippen LogP contribution in [-0.2, 0) is 16.6 Å². The Kier molecular flexibility index (Phi) is 5.29. The first kappa shape index (κ1) is 19.1. The molecule has 2 aromatic heterocycles. The summed E-state index contributed by atoms with van der Waals surface area (Å²) < 4.78 is 27.8. The molecule has 0 aliphatic rings. The molecule has 3 rings (SSSR count). The van der Waals surface area contributed by atoms with Crippen molar-refractivity contribution in [2.24, 2.45) is 0 Å². The van der Waals surface area contributed by atoms with E-state index >= 15 is 0 Å². The normalized spacial score (nSPS) is 12.0. The van der Waals surface area contributed by atoms with E-state index in [0.717, 1.165) is 5.69 Å². The Bertz CT molecular complexity index is 1110. The minimum absolute atomic E-state index is 0.120. The smallest absolute Gasteiger partial charge is 0.258 e. The van der Waals surface area contributed by atoms with Crippen molar-refractivity contribution in [1.82, 2.24) is 13.7 Å². The molecule has 0 aliphatic carbocycles. The number of rotatable bonds is 6. The number of benzene rings is 1. The van der Waals surface area contributed by atoms with Crippen molar-refractivity contribution >= 4 is 21.4 Å². The number of fused-ring (bicyclic) bond motifs is 1. The van der Waals surface area contributed by atoms with Crippen molar-refractivity contribution in [1.29, 1.82) is 0 Å². The topological polar surface area (TPSA) is 83.8 Å². The van der Waals surface area contributed by atoms with Gasteiger partial charge in [-0.05, 0) is 50.2 Å². The summed E-state index contributed by atoms with van der Waals surface area (Å²) in [5, 5.41) is 3.16. The Hall–Kier alpha value is -2.71. The molecular weight excluding hydrogens is 364 g/mol. The molecule has 7 nitrogen and oxygen atoms in total. The fraction of sp³-hybridized carbons (Fsp3) is 0.263. The number of nitrogens with zero attached hydrogens (tertiary/aromatic N) is 3. The van der Waals surface area contributed by atoms with Gasteiger partial charge in [-0.1, -0.05) is 6.07 Å². The highest BCUT2D eigenvalue weighted by molar-refractivity contribution is 7.89. The van der Waals surface area contributed by atoms with Crippen LogP contribution in [0, 0.1) is 0 Å². The van der Waals surface area contributed by atoms with Gasteiger partial charge in [-0.15, -0.1) is 0 Å². The third-order valence-electron chi connectivity index (χ3n) is 4.36. The van der Waals surface area contributed by atoms with Gasteiger partial charge in [0.25, 0.3) is 5.56 Å². The van der Waals surface area contributed by atoms with Gasteiger partial charge < -0.3 is 5.32 Å². The van der Waals surface area contributed by atoms with Crippen LogP contribution in [0.3, 0.4) is 0 Å². The van der Waals surface area contributed by atoms with Crippen LogP contribution in [0.4, 0.5) is 5.69 Å². The quantitative estimate of drug-likeness (QED) is 0.703. The van der Waals surface area contributed by atoms with Gasteiger partial charge in [0.1, 0.15) is 5.65 Å². The fourth-order valence-corrected chi connectivity index (χ4v) is 3.94. The lowest BCUT2D eigenvalue weighted by Gasteiger charge is -2.21. The molecule has 0 fully saturated rings. The number of hydrogen-bond donors (Lipinski definition) is 1. The van der Waals surface area contributed by atoms with E-state index in [-0.39, 0.29) is 16.5 Å². The van der Waals surface area contributed by atoms with E-state index in [0.29, 0.717) is 17.9 Å². The summed E-state index contributed by atoms with van der Waals surface area (Å²) in [4.78, 5) is 16.8. The van der Waals surface area contributed by atoms with Crippen LogP contribution in [0.25, 0.3) is 5.65 Å². The molecule has 0 saturated heterocycles. The minimum atomic E-state index is -3.50. The molecule has 0 unspecified atom stereocenters. The summed E-state index contributed by atoms with van der Waals surface area (Å²) in [6.07, 6.45) is 1.68. The molecule has 0 amide bonds. The van der Waals surface area contributed by atoms with Gasteiger partial charge in [-0.25, -0.2) is 13.4 Å². The monoisotopic (exact) mass is 386 g/mol. The summed E-state index contributed by atoms with van der Waals surface area (Å²) in [5.41, 5.74) is 1.80. The predicted molar refractivity (Wildman–Crippen MR) is 105 cm³/mol. The number of sulfonamides is 1. The molecule has 1 N–H and O–H groups in total. The second-order valence-electron chi connectivity index (χ2n) is 6.51. The Morgan fingerprint density at radius 2 is 1.85 bits per heavy atom. The van der Waals surface area contributed by atoms with Crippen LogP contribution in [0.15, 0.2) is 64.4 Å². The Morgan fingerprint density at radius 3 is 2.52 bits per heavy atom. The second kappa shape index (κ2) is 7.50. The molecule has 0 atom stereocenters. The lowest BCUT2D eigenvalue weighted by Crippen LogP contribution is -2.33. The van der Waals surface area contributed by atoms with Gasteiger partial charge in [0.05, 0.1) is 17.1 Å². The maximum absolute atomic E-state index is 12.5. The van der Waals surface area contributed by atoms with E-state index in [1.54, 1.807) is 49.6 Å². The van der Waals surface area contributed by atoms with Crippen molar-refractivity contribution in [3.05, 3.63) is 70.8 Å². The summed E-state index contributed by atoms with van der Waals surface area (Å²) >= 11 is 0. The largest absolute Gasteiger partial charge is 0.379 e. The highest BCUT2D eigenvalue weighted by Gasteiger charge is 2.22. The first-order valence-electron chi connectivity index (χ1n) is 8.58. The van der Waals surface area contributed by atoms with Crippen LogP contribution in [0.1, 0.15) is 19.5 Å². The van der Waals surface area contributed by atoms with E-state index in [9.17, 15) is 13.2 Å². The van der Waals surface area contributed by atoms with Crippen molar-refractivity contribution < 1.29 is 8.42 Å². The first-order valence-corrected chi connectivity index (χ1v) is 10.0. The molecule has 142 valence electrons. The summed E-state index contributed by atoms with van der Waals surface area (Å²) in [6, 6.07) is 13.3. The third-order valence-corrected chi connectivity index (χ3v) is 6.40. The molecule has 0 radical (unpaired) electrons. The van der Waals surface area contributed by atoms with Crippen LogP contribution in [-0.4, -0.2) is 35.2 Å². The Morgan fingerprint density at radius 1 is 1.15 bits per heavy atom. The lowest BCUT2D eigenvalue weighted by molar-refractivity contribution is 0.410. The van der Waals surface area contributed by atoms with Gasteiger partial charge in [0.15, 0.2) is 0 Å². The van der Waals surface area contributed by atoms with Crippen molar-refractivity contribution in [3.63, 3.8) is 0 Å². The van der Waals surface area contributed by atoms with E-state index in [1.165, 1.54) is 14.8 Å². The van der Waals surface area contributed by atoms with Crippen molar-refractivity contribution in [2.45, 2.75) is 31.3 Å². The Labute approximate surface area is 158 Å². The molecule has 0 spiro atoms. The maximum atomic E-state index is 12.5. The van der Waals surface area contributed by atoms with Gasteiger partial charge in [-0.3, -0.25) is 9.20 Å². The van der Waals surface area contributed by atoms with Crippen LogP contribution in [0.5, 0.6) is 0 Å². The Balaban J connectivity index is 1.75.